The van der Waals surface area contributed by atoms with E-state index in [0.717, 1.165) is 49.7 Å². The zero-order valence-corrected chi connectivity index (χ0v) is 38.8. The maximum atomic E-state index is 12.1. The first kappa shape index (κ1) is 52.3. The number of phenols is 1. The fourth-order valence-corrected chi connectivity index (χ4v) is 7.80. The Labute approximate surface area is 383 Å². The van der Waals surface area contributed by atoms with Gasteiger partial charge in [-0.2, -0.15) is 8.42 Å². The van der Waals surface area contributed by atoms with E-state index in [1.807, 2.05) is 6.07 Å². The number of hydrogen-bond donors (Lipinski definition) is 2. The van der Waals surface area contributed by atoms with E-state index in [1.54, 1.807) is 36.4 Å². The minimum absolute atomic E-state index is 0. The summed E-state index contributed by atoms with van der Waals surface area (Å²) in [6.07, 6.45) is 24.2. The van der Waals surface area contributed by atoms with E-state index in [2.05, 4.69) is 13.8 Å². The van der Waals surface area contributed by atoms with Crippen molar-refractivity contribution in [2.45, 2.75) is 152 Å². The van der Waals surface area contributed by atoms with Crippen LogP contribution in [0.2, 0.25) is 0 Å². The van der Waals surface area contributed by atoms with Crippen LogP contribution in [0.4, 0.5) is 0 Å². The smallest absolute Gasteiger partial charge is 0.870 e. The molecule has 4 rings (SSSR count). The van der Waals surface area contributed by atoms with Crippen LogP contribution in [-0.2, 0) is 33.1 Å². The number of benzene rings is 4. The number of unbranched alkanes of at least 4 members (excludes halogenated alkanes) is 16. The zero-order chi connectivity index (χ0) is 42.2. The van der Waals surface area contributed by atoms with Crippen LogP contribution in [0, 0.1) is 0 Å². The third-order valence-electron chi connectivity index (χ3n) is 9.86. The first-order valence-corrected chi connectivity index (χ1v) is 23.8. The van der Waals surface area contributed by atoms with Gasteiger partial charge in [-0.25, -0.2) is 8.42 Å². The molecule has 59 heavy (non-hydrogen) atoms. The molecule has 4 aromatic carbocycles. The molecule has 13 heteroatoms. The quantitative estimate of drug-likeness (QED) is 0.0351. The van der Waals surface area contributed by atoms with Crippen molar-refractivity contribution >= 4 is 58.0 Å². The van der Waals surface area contributed by atoms with E-state index in [0.29, 0.717) is 0 Å². The molecule has 0 bridgehead atoms. The molecule has 0 saturated heterocycles. The van der Waals surface area contributed by atoms with E-state index in [4.69, 9.17) is 9.47 Å². The summed E-state index contributed by atoms with van der Waals surface area (Å²) < 4.78 is 77.6. The molecule has 0 fully saturated rings. The monoisotopic (exact) mass is 878 g/mol. The van der Waals surface area contributed by atoms with Gasteiger partial charge < -0.3 is 24.2 Å². The van der Waals surface area contributed by atoms with Crippen molar-refractivity contribution in [3.63, 3.8) is 0 Å². The molecule has 0 aliphatic rings. The number of ether oxygens (including phenoxy) is 2. The summed E-state index contributed by atoms with van der Waals surface area (Å²) in [5.74, 6) is -0.362. The summed E-state index contributed by atoms with van der Waals surface area (Å²) in [5.41, 5.74) is 1.98. The second kappa shape index (κ2) is 28.6. The summed E-state index contributed by atoms with van der Waals surface area (Å²) in [6, 6.07) is 21.3. The SMILES string of the molecule is CCCCCCCCCCCc1ccc(O)c(Oc2ccccc2S(=O)(=O)O)c1.CCCCCCCCCCCc1ccc([O-])c(Oc2ccccc2S(=O)(=O)[O-])c1.[Ca+2]. The Bertz CT molecular complexity index is 1870. The first-order valence-electron chi connectivity index (χ1n) is 20.9. The van der Waals surface area contributed by atoms with E-state index in [9.17, 15) is 36.2 Å². The third kappa shape index (κ3) is 20.5. The molecular weight excluding hydrogens is 817 g/mol. The van der Waals surface area contributed by atoms with Gasteiger partial charge in [0.2, 0.25) is 0 Å². The van der Waals surface area contributed by atoms with Crippen LogP contribution in [-0.4, -0.2) is 68.8 Å². The summed E-state index contributed by atoms with van der Waals surface area (Å²) in [6.45, 7) is 4.45. The Morgan fingerprint density at radius 2 is 0.898 bits per heavy atom. The van der Waals surface area contributed by atoms with Gasteiger partial charge in [0.25, 0.3) is 10.1 Å². The van der Waals surface area contributed by atoms with E-state index in [-0.39, 0.29) is 77.1 Å². The number of rotatable bonds is 26. The molecule has 0 aliphatic heterocycles. The third-order valence-corrected chi connectivity index (χ3v) is 11.6. The van der Waals surface area contributed by atoms with Gasteiger partial charge in [0.15, 0.2) is 11.5 Å². The number of aromatic hydroxyl groups is 1. The van der Waals surface area contributed by atoms with Gasteiger partial charge in [0.05, 0.1) is 4.90 Å². The largest absolute Gasteiger partial charge is 2.00 e. The Hall–Kier alpha value is -2.84. The second-order valence-corrected chi connectivity index (χ2v) is 17.5. The fraction of sp³-hybridized carbons (Fsp3) is 0.478. The van der Waals surface area contributed by atoms with Gasteiger partial charge in [0.1, 0.15) is 32.3 Å². The molecule has 0 radical (unpaired) electrons. The molecule has 0 heterocycles. The van der Waals surface area contributed by atoms with Gasteiger partial charge in [-0.3, -0.25) is 4.55 Å². The van der Waals surface area contributed by atoms with Crippen LogP contribution >= 0.6 is 0 Å². The molecular formula is C46H62CaO10S2. The molecule has 0 aromatic heterocycles. The van der Waals surface area contributed by atoms with Crippen LogP contribution in [0.5, 0.6) is 34.5 Å². The van der Waals surface area contributed by atoms with Crippen molar-refractivity contribution in [2.75, 3.05) is 0 Å². The van der Waals surface area contributed by atoms with Gasteiger partial charge in [0, 0.05) is 0 Å². The minimum atomic E-state index is -4.68. The molecule has 0 unspecified atom stereocenters. The topological polar surface area (TPSA) is 173 Å². The summed E-state index contributed by atoms with van der Waals surface area (Å²) in [5, 5.41) is 22.2. The number of hydrogen-bond acceptors (Lipinski definition) is 9. The average Bonchev–Trinajstić information content (AvgIpc) is 3.19. The van der Waals surface area contributed by atoms with E-state index >= 15 is 0 Å². The summed E-state index contributed by atoms with van der Waals surface area (Å²) in [7, 11) is -9.10. The maximum absolute atomic E-state index is 12.1. The predicted octanol–water partition coefficient (Wildman–Crippen LogP) is 11.7. The number of aryl methyl sites for hydroxylation is 2. The predicted molar refractivity (Wildman–Crippen MR) is 232 cm³/mol. The maximum Gasteiger partial charge on any atom is 2.00 e. The second-order valence-electron chi connectivity index (χ2n) is 14.8. The first-order chi connectivity index (χ1) is 27.8. The standard InChI is InChI=1S/2C23H32O5S.Ca/c2*1-2-3-4-5-6-7-8-9-10-13-19-16-17-20(24)22(18-19)28-21-14-11-12-15-23(21)29(25,26)27;/h2*11-12,14-18,24H,2-10,13H2,1H3,(H,25,26,27);/q;;+2/p-2. The molecule has 0 saturated carbocycles. The molecule has 0 amide bonds. The summed E-state index contributed by atoms with van der Waals surface area (Å²) >= 11 is 0. The molecule has 0 aliphatic carbocycles. The Balaban J connectivity index is 0.000000400. The number of phenolic OH excluding ortho intramolecular Hbond substituents is 1. The zero-order valence-electron chi connectivity index (χ0n) is 34.9. The van der Waals surface area contributed by atoms with Crippen molar-refractivity contribution < 1.29 is 45.6 Å². The average molecular weight is 879 g/mol. The molecule has 4 aromatic rings. The van der Waals surface area contributed by atoms with Gasteiger partial charge in [-0.1, -0.05) is 165 Å². The van der Waals surface area contributed by atoms with Crippen molar-refractivity contribution in [3.05, 3.63) is 96.1 Å². The van der Waals surface area contributed by atoms with Crippen LogP contribution in [0.3, 0.4) is 0 Å². The van der Waals surface area contributed by atoms with Gasteiger partial charge >= 0.3 is 37.7 Å². The van der Waals surface area contributed by atoms with Crippen LogP contribution in [0.25, 0.3) is 0 Å². The van der Waals surface area contributed by atoms with Crippen LogP contribution in [0.15, 0.2) is 94.7 Å². The summed E-state index contributed by atoms with van der Waals surface area (Å²) in [4.78, 5) is -0.799. The van der Waals surface area contributed by atoms with Gasteiger partial charge in [-0.15, -0.1) is 0 Å². The fourth-order valence-electron chi connectivity index (χ4n) is 6.59. The molecule has 0 spiro atoms. The molecule has 0 atom stereocenters. The van der Waals surface area contributed by atoms with Crippen LogP contribution in [0.1, 0.15) is 141 Å². The minimum Gasteiger partial charge on any atom is -0.870 e. The Morgan fingerprint density at radius 3 is 1.37 bits per heavy atom. The Morgan fingerprint density at radius 1 is 0.508 bits per heavy atom. The van der Waals surface area contributed by atoms with Gasteiger partial charge in [-0.05, 0) is 79.3 Å². The van der Waals surface area contributed by atoms with Crippen molar-refractivity contribution in [1.82, 2.24) is 0 Å². The molecule has 2 N–H and O–H groups in total. The van der Waals surface area contributed by atoms with E-state index in [1.165, 1.54) is 132 Å². The van der Waals surface area contributed by atoms with Crippen LogP contribution < -0.4 is 14.6 Å². The van der Waals surface area contributed by atoms with Crippen molar-refractivity contribution in [2.24, 2.45) is 0 Å². The number of para-hydroxylation sites is 2. The molecule has 320 valence electrons. The van der Waals surface area contributed by atoms with E-state index < -0.39 is 25.1 Å². The van der Waals surface area contributed by atoms with Crippen molar-refractivity contribution in [3.8, 4) is 34.5 Å². The van der Waals surface area contributed by atoms with Crippen molar-refractivity contribution in [1.29, 1.82) is 0 Å². The normalized spacial score (nSPS) is 11.3. The molecule has 10 nitrogen and oxygen atoms in total. The Kier molecular flexibility index (Phi) is 25.4.